The van der Waals surface area contributed by atoms with Gasteiger partial charge >= 0.3 is 0 Å². The molecule has 2 heteroatoms. The summed E-state index contributed by atoms with van der Waals surface area (Å²) < 4.78 is 2.06. The summed E-state index contributed by atoms with van der Waals surface area (Å²) in [5, 5.41) is 10.7. The van der Waals surface area contributed by atoms with Crippen molar-refractivity contribution in [2.24, 2.45) is 0 Å². The van der Waals surface area contributed by atoms with Gasteiger partial charge in [-0.1, -0.05) is 24.3 Å². The first-order chi connectivity index (χ1) is 7.84. The number of rotatable bonds is 1. The van der Waals surface area contributed by atoms with Gasteiger partial charge in [-0.2, -0.15) is 0 Å². The molecule has 0 amide bonds. The number of hydrogen-bond acceptors (Lipinski definition) is 1. The largest absolute Gasteiger partial charge is 0.508 e. The van der Waals surface area contributed by atoms with Crippen molar-refractivity contribution in [3.8, 4) is 11.4 Å². The Bertz CT molecular complexity index is 640. The van der Waals surface area contributed by atoms with E-state index in [9.17, 15) is 5.11 Å². The van der Waals surface area contributed by atoms with Gasteiger partial charge in [-0.05, 0) is 29.7 Å². The molecule has 2 aromatic carbocycles. The average Bonchev–Trinajstić information content (AvgIpc) is 2.72. The summed E-state index contributed by atoms with van der Waals surface area (Å²) in [6.07, 6.45) is 2.01. The highest BCUT2D eigenvalue weighted by molar-refractivity contribution is 5.81. The highest BCUT2D eigenvalue weighted by atomic mass is 16.3. The van der Waals surface area contributed by atoms with E-state index >= 15 is 0 Å². The number of fused-ring (bicyclic) bond motifs is 1. The number of para-hydroxylation sites is 1. The minimum absolute atomic E-state index is 0.287. The molecule has 1 aromatic heterocycles. The monoisotopic (exact) mass is 209 g/mol. The summed E-state index contributed by atoms with van der Waals surface area (Å²) in [6.45, 7) is 0. The molecule has 0 aliphatic rings. The van der Waals surface area contributed by atoms with Crippen molar-refractivity contribution in [1.82, 2.24) is 4.57 Å². The Hall–Kier alpha value is -2.22. The molecule has 0 aliphatic heterocycles. The lowest BCUT2D eigenvalue weighted by atomic mass is 10.2. The third kappa shape index (κ3) is 1.36. The molecular weight excluding hydrogens is 198 g/mol. The highest BCUT2D eigenvalue weighted by Gasteiger charge is 2.02. The van der Waals surface area contributed by atoms with Gasteiger partial charge in [0.05, 0.1) is 5.52 Å². The zero-order valence-corrected chi connectivity index (χ0v) is 8.67. The number of nitrogens with zero attached hydrogens (tertiary/aromatic N) is 1. The summed E-state index contributed by atoms with van der Waals surface area (Å²) in [6, 6.07) is 17.5. The first-order valence-electron chi connectivity index (χ1n) is 5.20. The standard InChI is InChI=1S/C14H11NO/c16-13-6-3-5-12(10-13)15-9-8-11-4-1-2-7-14(11)15/h1-10,16H. The van der Waals surface area contributed by atoms with Crippen molar-refractivity contribution in [3.63, 3.8) is 0 Å². The lowest BCUT2D eigenvalue weighted by Crippen LogP contribution is -1.90. The van der Waals surface area contributed by atoms with Crippen LogP contribution < -0.4 is 0 Å². The Morgan fingerprint density at radius 2 is 1.75 bits per heavy atom. The fraction of sp³-hybridized carbons (Fsp3) is 0. The second-order valence-corrected chi connectivity index (χ2v) is 3.76. The third-order valence-electron chi connectivity index (χ3n) is 2.71. The number of phenols is 1. The second-order valence-electron chi connectivity index (χ2n) is 3.76. The summed E-state index contributed by atoms with van der Waals surface area (Å²) >= 11 is 0. The van der Waals surface area contributed by atoms with Crippen LogP contribution in [0.1, 0.15) is 0 Å². The van der Waals surface area contributed by atoms with Crippen LogP contribution in [-0.2, 0) is 0 Å². The van der Waals surface area contributed by atoms with Gasteiger partial charge in [0.2, 0.25) is 0 Å². The van der Waals surface area contributed by atoms with E-state index in [0.29, 0.717) is 0 Å². The predicted octanol–water partition coefficient (Wildman–Crippen LogP) is 3.34. The Morgan fingerprint density at radius 3 is 2.62 bits per heavy atom. The molecule has 1 N–H and O–H groups in total. The molecule has 0 saturated heterocycles. The molecule has 0 saturated carbocycles. The third-order valence-corrected chi connectivity index (χ3v) is 2.71. The molecule has 16 heavy (non-hydrogen) atoms. The van der Waals surface area contributed by atoms with Gasteiger partial charge < -0.3 is 9.67 Å². The normalized spacial score (nSPS) is 10.8. The van der Waals surface area contributed by atoms with Crippen molar-refractivity contribution in [2.75, 3.05) is 0 Å². The number of phenolic OH excluding ortho intramolecular Hbond substituents is 1. The van der Waals surface area contributed by atoms with Gasteiger partial charge in [-0.3, -0.25) is 0 Å². The van der Waals surface area contributed by atoms with E-state index in [2.05, 4.69) is 22.8 Å². The molecule has 0 spiro atoms. The zero-order valence-electron chi connectivity index (χ0n) is 8.67. The van der Waals surface area contributed by atoms with Crippen LogP contribution in [0, 0.1) is 0 Å². The van der Waals surface area contributed by atoms with Crippen LogP contribution in [0.15, 0.2) is 60.8 Å². The van der Waals surface area contributed by atoms with E-state index in [-0.39, 0.29) is 5.75 Å². The van der Waals surface area contributed by atoms with Crippen LogP contribution in [0.3, 0.4) is 0 Å². The first-order valence-corrected chi connectivity index (χ1v) is 5.20. The molecule has 3 aromatic rings. The van der Waals surface area contributed by atoms with Gasteiger partial charge in [-0.15, -0.1) is 0 Å². The van der Waals surface area contributed by atoms with Crippen LogP contribution in [0.5, 0.6) is 5.75 Å². The van der Waals surface area contributed by atoms with E-state index in [1.54, 1.807) is 12.1 Å². The van der Waals surface area contributed by atoms with Gasteiger partial charge in [-0.25, -0.2) is 0 Å². The summed E-state index contributed by atoms with van der Waals surface area (Å²) in [7, 11) is 0. The lowest BCUT2D eigenvalue weighted by Gasteiger charge is -2.05. The van der Waals surface area contributed by atoms with Gasteiger partial charge in [0, 0.05) is 18.0 Å². The number of aromatic nitrogens is 1. The number of hydrogen-bond donors (Lipinski definition) is 1. The predicted molar refractivity (Wildman–Crippen MR) is 64.9 cm³/mol. The Morgan fingerprint density at radius 1 is 0.875 bits per heavy atom. The maximum atomic E-state index is 9.47. The van der Waals surface area contributed by atoms with Crippen molar-refractivity contribution in [1.29, 1.82) is 0 Å². The van der Waals surface area contributed by atoms with Crippen LogP contribution >= 0.6 is 0 Å². The molecule has 3 rings (SSSR count). The molecule has 0 bridgehead atoms. The van der Waals surface area contributed by atoms with Crippen molar-refractivity contribution < 1.29 is 5.11 Å². The number of benzene rings is 2. The van der Waals surface area contributed by atoms with E-state index in [1.165, 1.54) is 5.39 Å². The van der Waals surface area contributed by atoms with Crippen LogP contribution in [0.25, 0.3) is 16.6 Å². The van der Waals surface area contributed by atoms with Crippen LogP contribution in [0.4, 0.5) is 0 Å². The Labute approximate surface area is 93.4 Å². The molecule has 0 aliphatic carbocycles. The molecular formula is C14H11NO. The lowest BCUT2D eigenvalue weighted by molar-refractivity contribution is 0.475. The quantitative estimate of drug-likeness (QED) is 0.653. The Kier molecular flexibility index (Phi) is 1.93. The second kappa shape index (κ2) is 3.42. The summed E-state index contributed by atoms with van der Waals surface area (Å²) in [5.74, 6) is 0.287. The summed E-state index contributed by atoms with van der Waals surface area (Å²) in [4.78, 5) is 0. The minimum Gasteiger partial charge on any atom is -0.508 e. The first kappa shape index (κ1) is 9.04. The molecule has 0 atom stereocenters. The Balaban J connectivity index is 2.26. The molecule has 0 unspecified atom stereocenters. The highest BCUT2D eigenvalue weighted by Crippen LogP contribution is 2.22. The number of aromatic hydroxyl groups is 1. The van der Waals surface area contributed by atoms with Crippen LogP contribution in [-0.4, -0.2) is 9.67 Å². The molecule has 1 heterocycles. The average molecular weight is 209 g/mol. The zero-order chi connectivity index (χ0) is 11.0. The van der Waals surface area contributed by atoms with E-state index in [4.69, 9.17) is 0 Å². The van der Waals surface area contributed by atoms with E-state index < -0.39 is 0 Å². The molecule has 0 radical (unpaired) electrons. The minimum atomic E-state index is 0.287. The van der Waals surface area contributed by atoms with Gasteiger partial charge in [0.15, 0.2) is 0 Å². The van der Waals surface area contributed by atoms with Gasteiger partial charge in [0.1, 0.15) is 5.75 Å². The SMILES string of the molecule is Oc1cccc(-n2ccc3ccccc32)c1. The van der Waals surface area contributed by atoms with E-state index in [0.717, 1.165) is 11.2 Å². The molecule has 0 fully saturated rings. The maximum Gasteiger partial charge on any atom is 0.117 e. The van der Waals surface area contributed by atoms with Crippen molar-refractivity contribution in [2.45, 2.75) is 0 Å². The van der Waals surface area contributed by atoms with Crippen molar-refractivity contribution >= 4 is 10.9 Å². The molecule has 78 valence electrons. The fourth-order valence-corrected chi connectivity index (χ4v) is 1.95. The molecule has 2 nitrogen and oxygen atoms in total. The maximum absolute atomic E-state index is 9.47. The van der Waals surface area contributed by atoms with Crippen molar-refractivity contribution in [3.05, 3.63) is 60.8 Å². The van der Waals surface area contributed by atoms with Crippen LogP contribution in [0.2, 0.25) is 0 Å². The fourth-order valence-electron chi connectivity index (χ4n) is 1.95. The van der Waals surface area contributed by atoms with E-state index in [1.807, 2.05) is 30.5 Å². The summed E-state index contributed by atoms with van der Waals surface area (Å²) in [5.41, 5.74) is 2.12. The smallest absolute Gasteiger partial charge is 0.117 e. The topological polar surface area (TPSA) is 25.2 Å². The van der Waals surface area contributed by atoms with Gasteiger partial charge in [0.25, 0.3) is 0 Å².